The Hall–Kier alpha value is -2.90. The van der Waals surface area contributed by atoms with Crippen molar-refractivity contribution in [3.63, 3.8) is 0 Å². The highest BCUT2D eigenvalue weighted by Gasteiger charge is 2.41. The fraction of sp³-hybridized carbons (Fsp3) is 0.391. The van der Waals surface area contributed by atoms with Crippen LogP contribution in [0.25, 0.3) is 11.1 Å². The molecule has 5 rings (SSSR count). The number of likely N-dealkylation sites (tertiary alicyclic amines) is 1. The van der Waals surface area contributed by atoms with Gasteiger partial charge in [-0.15, -0.1) is 0 Å². The number of para-hydroxylation sites is 2. The number of oxazole rings is 1. The van der Waals surface area contributed by atoms with Gasteiger partial charge in [-0.25, -0.2) is 4.79 Å². The van der Waals surface area contributed by atoms with Crippen LogP contribution in [-0.4, -0.2) is 58.7 Å². The van der Waals surface area contributed by atoms with E-state index in [9.17, 15) is 9.59 Å². The lowest BCUT2D eigenvalue weighted by Gasteiger charge is -2.30. The molecule has 0 unspecified atom stereocenters. The van der Waals surface area contributed by atoms with Gasteiger partial charge in [-0.1, -0.05) is 42.5 Å². The van der Waals surface area contributed by atoms with Gasteiger partial charge in [0.25, 0.3) is 0 Å². The average molecular weight is 407 g/mol. The Kier molecular flexibility index (Phi) is 5.14. The Morgan fingerprint density at radius 3 is 2.60 bits per heavy atom. The van der Waals surface area contributed by atoms with Gasteiger partial charge in [0.1, 0.15) is 0 Å². The fourth-order valence-electron chi connectivity index (χ4n) is 4.56. The van der Waals surface area contributed by atoms with Gasteiger partial charge < -0.3 is 14.1 Å². The van der Waals surface area contributed by atoms with Crippen molar-refractivity contribution in [3.8, 4) is 0 Å². The quantitative estimate of drug-likeness (QED) is 0.648. The van der Waals surface area contributed by atoms with Crippen LogP contribution < -0.4 is 5.76 Å². The van der Waals surface area contributed by atoms with Crippen molar-refractivity contribution < 1.29 is 13.9 Å². The molecule has 2 aliphatic rings. The summed E-state index contributed by atoms with van der Waals surface area (Å²) in [5.41, 5.74) is 2.55. The molecule has 1 amide bonds. The Morgan fingerprint density at radius 2 is 1.73 bits per heavy atom. The number of fused-ring (bicyclic) bond motifs is 2. The van der Waals surface area contributed by atoms with Crippen LogP contribution >= 0.6 is 0 Å². The molecule has 2 fully saturated rings. The van der Waals surface area contributed by atoms with Gasteiger partial charge in [0.05, 0.1) is 30.7 Å². The van der Waals surface area contributed by atoms with Crippen molar-refractivity contribution >= 4 is 17.0 Å². The molecule has 2 aromatic carbocycles. The highest BCUT2D eigenvalue weighted by molar-refractivity contribution is 5.77. The molecule has 2 atom stereocenters. The van der Waals surface area contributed by atoms with Crippen molar-refractivity contribution in [3.05, 3.63) is 70.7 Å². The predicted molar refractivity (Wildman–Crippen MR) is 112 cm³/mol. The number of amides is 1. The standard InChI is InChI=1S/C23H25N3O4/c27-22-10-13-29-21-16-24(15-19(21)26(22)14-17-6-2-1-3-7-17)11-12-25-18-8-4-5-9-20(18)30-23(25)28/h1-9,19,21H,10-16H2/t19-,21-/m0/s1. The molecule has 0 aliphatic carbocycles. The maximum atomic E-state index is 12.8. The molecule has 0 radical (unpaired) electrons. The van der Waals surface area contributed by atoms with Crippen LogP contribution in [0.3, 0.4) is 0 Å². The minimum absolute atomic E-state index is 0.00187. The first-order chi connectivity index (χ1) is 14.7. The number of carbonyl (C=O) groups is 1. The first kappa shape index (κ1) is 19.1. The summed E-state index contributed by atoms with van der Waals surface area (Å²) in [5.74, 6) is -0.188. The molecule has 3 aromatic rings. The van der Waals surface area contributed by atoms with Crippen LogP contribution in [0.5, 0.6) is 0 Å². The van der Waals surface area contributed by atoms with Crippen LogP contribution in [0.4, 0.5) is 0 Å². The number of rotatable bonds is 5. The number of carbonyl (C=O) groups excluding carboxylic acids is 1. The van der Waals surface area contributed by atoms with Gasteiger partial charge in [0.15, 0.2) is 5.58 Å². The van der Waals surface area contributed by atoms with Gasteiger partial charge in [0, 0.05) is 32.7 Å². The van der Waals surface area contributed by atoms with Crippen LogP contribution in [0, 0.1) is 0 Å². The molecule has 2 saturated heterocycles. The zero-order valence-electron chi connectivity index (χ0n) is 16.8. The van der Waals surface area contributed by atoms with E-state index in [4.69, 9.17) is 9.15 Å². The molecule has 7 nitrogen and oxygen atoms in total. The largest absolute Gasteiger partial charge is 0.419 e. The van der Waals surface area contributed by atoms with Crippen LogP contribution in [0.1, 0.15) is 12.0 Å². The SMILES string of the molecule is O=C1CCO[C@H]2CN(CCn3c(=O)oc4ccccc43)C[C@@H]2N1Cc1ccccc1. The van der Waals surface area contributed by atoms with Gasteiger partial charge in [-0.2, -0.15) is 0 Å². The number of hydrogen-bond donors (Lipinski definition) is 0. The maximum Gasteiger partial charge on any atom is 0.419 e. The monoisotopic (exact) mass is 407 g/mol. The zero-order valence-corrected chi connectivity index (χ0v) is 16.8. The highest BCUT2D eigenvalue weighted by Crippen LogP contribution is 2.25. The first-order valence-corrected chi connectivity index (χ1v) is 10.4. The van der Waals surface area contributed by atoms with Gasteiger partial charge in [-0.05, 0) is 17.7 Å². The summed E-state index contributed by atoms with van der Waals surface area (Å²) in [6.45, 7) is 3.81. The lowest BCUT2D eigenvalue weighted by molar-refractivity contribution is -0.133. The number of aromatic nitrogens is 1. The molecular formula is C23H25N3O4. The summed E-state index contributed by atoms with van der Waals surface area (Å²) in [6, 6.07) is 17.6. The third kappa shape index (κ3) is 3.66. The van der Waals surface area contributed by atoms with E-state index < -0.39 is 0 Å². The molecule has 7 heteroatoms. The fourth-order valence-corrected chi connectivity index (χ4v) is 4.56. The molecule has 0 spiro atoms. The Labute approximate surface area is 174 Å². The van der Waals surface area contributed by atoms with E-state index in [1.54, 1.807) is 4.57 Å². The van der Waals surface area contributed by atoms with E-state index in [0.29, 0.717) is 38.2 Å². The van der Waals surface area contributed by atoms with Crippen LogP contribution in [-0.2, 0) is 22.6 Å². The summed E-state index contributed by atoms with van der Waals surface area (Å²) in [7, 11) is 0. The lowest BCUT2D eigenvalue weighted by Crippen LogP contribution is -2.45. The van der Waals surface area contributed by atoms with Crippen molar-refractivity contribution in [2.75, 3.05) is 26.2 Å². The summed E-state index contributed by atoms with van der Waals surface area (Å²) in [5, 5.41) is 0. The lowest BCUT2D eigenvalue weighted by atomic mass is 10.1. The second kappa shape index (κ2) is 8.08. The Morgan fingerprint density at radius 1 is 0.933 bits per heavy atom. The van der Waals surface area contributed by atoms with E-state index in [2.05, 4.69) is 17.0 Å². The molecule has 0 saturated carbocycles. The smallest absolute Gasteiger partial charge is 0.408 e. The first-order valence-electron chi connectivity index (χ1n) is 10.4. The average Bonchev–Trinajstić information content (AvgIpc) is 3.27. The van der Waals surface area contributed by atoms with E-state index in [1.165, 1.54) is 0 Å². The molecule has 2 aliphatic heterocycles. The third-order valence-corrected chi connectivity index (χ3v) is 6.09. The summed E-state index contributed by atoms with van der Waals surface area (Å²) < 4.78 is 13.0. The topological polar surface area (TPSA) is 67.9 Å². The second-order valence-corrected chi connectivity index (χ2v) is 7.98. The van der Waals surface area contributed by atoms with Crippen molar-refractivity contribution in [2.24, 2.45) is 0 Å². The molecule has 0 bridgehead atoms. The summed E-state index contributed by atoms with van der Waals surface area (Å²) in [4.78, 5) is 29.3. The summed E-state index contributed by atoms with van der Waals surface area (Å²) in [6.07, 6.45) is 0.425. The second-order valence-electron chi connectivity index (χ2n) is 7.98. The molecule has 3 heterocycles. The molecule has 156 valence electrons. The molecular weight excluding hydrogens is 382 g/mol. The Balaban J connectivity index is 1.30. The molecule has 0 N–H and O–H groups in total. The van der Waals surface area contributed by atoms with E-state index in [1.807, 2.05) is 47.4 Å². The van der Waals surface area contributed by atoms with Gasteiger partial charge in [0.2, 0.25) is 5.91 Å². The minimum Gasteiger partial charge on any atom is -0.408 e. The maximum absolute atomic E-state index is 12.8. The summed E-state index contributed by atoms with van der Waals surface area (Å²) >= 11 is 0. The number of ether oxygens (including phenoxy) is 1. The van der Waals surface area contributed by atoms with Crippen molar-refractivity contribution in [1.29, 1.82) is 0 Å². The zero-order chi connectivity index (χ0) is 20.5. The van der Waals surface area contributed by atoms with Gasteiger partial charge in [-0.3, -0.25) is 14.3 Å². The van der Waals surface area contributed by atoms with E-state index in [-0.39, 0.29) is 23.8 Å². The van der Waals surface area contributed by atoms with E-state index in [0.717, 1.165) is 24.2 Å². The molecule has 30 heavy (non-hydrogen) atoms. The molecule has 1 aromatic heterocycles. The number of benzene rings is 2. The van der Waals surface area contributed by atoms with Crippen molar-refractivity contribution in [1.82, 2.24) is 14.4 Å². The van der Waals surface area contributed by atoms with Crippen LogP contribution in [0.2, 0.25) is 0 Å². The van der Waals surface area contributed by atoms with Crippen LogP contribution in [0.15, 0.2) is 63.8 Å². The predicted octanol–water partition coefficient (Wildman–Crippen LogP) is 2.10. The number of nitrogens with zero attached hydrogens (tertiary/aromatic N) is 3. The normalized spacial score (nSPS) is 22.4. The van der Waals surface area contributed by atoms with Crippen molar-refractivity contribution in [2.45, 2.75) is 31.7 Å². The Bertz CT molecular complexity index is 1090. The minimum atomic E-state index is -0.332. The van der Waals surface area contributed by atoms with Gasteiger partial charge >= 0.3 is 5.76 Å². The third-order valence-electron chi connectivity index (χ3n) is 6.09. The number of hydrogen-bond acceptors (Lipinski definition) is 5. The highest BCUT2D eigenvalue weighted by atomic mass is 16.5. The van der Waals surface area contributed by atoms with E-state index >= 15 is 0 Å².